The summed E-state index contributed by atoms with van der Waals surface area (Å²) < 4.78 is 0. The van der Waals surface area contributed by atoms with E-state index in [1.54, 1.807) is 0 Å². The maximum Gasteiger partial charge on any atom is 0.227 e. The number of piperidine rings is 1. The lowest BCUT2D eigenvalue weighted by molar-refractivity contribution is -0.131. The van der Waals surface area contributed by atoms with Gasteiger partial charge in [-0.25, -0.2) is 0 Å². The van der Waals surface area contributed by atoms with Crippen LogP contribution >= 0.6 is 0 Å². The van der Waals surface area contributed by atoms with E-state index in [1.807, 2.05) is 29.3 Å². The predicted molar refractivity (Wildman–Crippen MR) is 77.0 cm³/mol. The summed E-state index contributed by atoms with van der Waals surface area (Å²) in [7, 11) is 0. The van der Waals surface area contributed by atoms with Crippen LogP contribution in [0.1, 0.15) is 25.3 Å². The summed E-state index contributed by atoms with van der Waals surface area (Å²) in [6.07, 6.45) is 4.76. The first-order chi connectivity index (χ1) is 9.24. The van der Waals surface area contributed by atoms with E-state index >= 15 is 0 Å². The zero-order valence-electron chi connectivity index (χ0n) is 11.4. The van der Waals surface area contributed by atoms with Crippen molar-refractivity contribution in [3.8, 4) is 0 Å². The molecule has 1 N–H and O–H groups in total. The zero-order chi connectivity index (χ0) is 13.2. The van der Waals surface area contributed by atoms with Crippen LogP contribution < -0.4 is 0 Å². The second-order valence-electron chi connectivity index (χ2n) is 5.60. The van der Waals surface area contributed by atoms with Crippen molar-refractivity contribution in [3.05, 3.63) is 36.0 Å². The Balaban J connectivity index is 1.72. The largest absolute Gasteiger partial charge is 0.361 e. The van der Waals surface area contributed by atoms with E-state index in [1.165, 1.54) is 5.39 Å². The van der Waals surface area contributed by atoms with Gasteiger partial charge >= 0.3 is 0 Å². The fourth-order valence-electron chi connectivity index (χ4n) is 2.81. The van der Waals surface area contributed by atoms with E-state index in [2.05, 4.69) is 18.0 Å². The predicted octanol–water partition coefficient (Wildman–Crippen LogP) is 2.97. The number of para-hydroxylation sites is 1. The van der Waals surface area contributed by atoms with Gasteiger partial charge in [-0.05, 0) is 30.4 Å². The molecule has 1 aliphatic heterocycles. The number of H-pyrrole nitrogens is 1. The Kier molecular flexibility index (Phi) is 3.28. The summed E-state index contributed by atoms with van der Waals surface area (Å²) in [5.41, 5.74) is 2.22. The smallest absolute Gasteiger partial charge is 0.227 e. The lowest BCUT2D eigenvalue weighted by Crippen LogP contribution is -2.38. The monoisotopic (exact) mass is 256 g/mol. The quantitative estimate of drug-likeness (QED) is 0.881. The van der Waals surface area contributed by atoms with E-state index in [4.69, 9.17) is 0 Å². The molecule has 0 spiro atoms. The highest BCUT2D eigenvalue weighted by molar-refractivity contribution is 5.88. The van der Waals surface area contributed by atoms with Gasteiger partial charge in [-0.1, -0.05) is 25.1 Å². The van der Waals surface area contributed by atoms with Crippen molar-refractivity contribution in [1.29, 1.82) is 0 Å². The molecule has 2 heterocycles. The topological polar surface area (TPSA) is 36.1 Å². The third-order valence-corrected chi connectivity index (χ3v) is 4.15. The molecule has 1 saturated heterocycles. The van der Waals surface area contributed by atoms with Gasteiger partial charge in [0.2, 0.25) is 5.91 Å². The molecule has 1 aromatic heterocycles. The number of rotatable bonds is 2. The van der Waals surface area contributed by atoms with E-state index in [0.29, 0.717) is 6.42 Å². The average Bonchev–Trinajstić information content (AvgIpc) is 2.83. The van der Waals surface area contributed by atoms with Gasteiger partial charge in [-0.3, -0.25) is 4.79 Å². The molecule has 0 aliphatic carbocycles. The van der Waals surface area contributed by atoms with Crippen LogP contribution in [0.25, 0.3) is 10.9 Å². The number of likely N-dealkylation sites (tertiary alicyclic amines) is 1. The van der Waals surface area contributed by atoms with Crippen molar-refractivity contribution >= 4 is 16.8 Å². The van der Waals surface area contributed by atoms with Crippen LogP contribution in [0.4, 0.5) is 0 Å². The van der Waals surface area contributed by atoms with Gasteiger partial charge in [0.1, 0.15) is 0 Å². The molecule has 0 saturated carbocycles. The molecule has 3 rings (SSSR count). The first-order valence-corrected chi connectivity index (χ1v) is 7.07. The van der Waals surface area contributed by atoms with Gasteiger partial charge in [0.15, 0.2) is 0 Å². The van der Waals surface area contributed by atoms with Crippen LogP contribution in [0.2, 0.25) is 0 Å². The number of aromatic amines is 1. The van der Waals surface area contributed by atoms with Gasteiger partial charge in [0.25, 0.3) is 0 Å². The van der Waals surface area contributed by atoms with Crippen molar-refractivity contribution in [3.63, 3.8) is 0 Å². The molecule has 0 atom stereocenters. The molecule has 0 bridgehead atoms. The molecule has 19 heavy (non-hydrogen) atoms. The number of carbonyl (C=O) groups is 1. The molecular weight excluding hydrogens is 236 g/mol. The second-order valence-corrected chi connectivity index (χ2v) is 5.60. The lowest BCUT2D eigenvalue weighted by Gasteiger charge is -2.30. The number of nitrogens with one attached hydrogen (secondary N) is 1. The number of hydrogen-bond donors (Lipinski definition) is 1. The highest BCUT2D eigenvalue weighted by Gasteiger charge is 2.20. The number of carbonyl (C=O) groups excluding carboxylic acids is 1. The minimum atomic E-state index is 0.261. The molecule has 3 nitrogen and oxygen atoms in total. The molecule has 0 radical (unpaired) electrons. The minimum Gasteiger partial charge on any atom is -0.361 e. The third kappa shape index (κ3) is 2.50. The van der Waals surface area contributed by atoms with E-state index in [0.717, 1.165) is 42.9 Å². The second kappa shape index (κ2) is 5.08. The van der Waals surface area contributed by atoms with Crippen molar-refractivity contribution in [2.24, 2.45) is 5.92 Å². The van der Waals surface area contributed by atoms with Crippen LogP contribution in [0.5, 0.6) is 0 Å². The highest BCUT2D eigenvalue weighted by Crippen LogP contribution is 2.21. The summed E-state index contributed by atoms with van der Waals surface area (Å²) in [5, 5.41) is 1.17. The molecule has 3 heteroatoms. The molecule has 0 unspecified atom stereocenters. The lowest BCUT2D eigenvalue weighted by atomic mass is 9.98. The zero-order valence-corrected chi connectivity index (χ0v) is 11.4. The molecule has 2 aromatic rings. The Hall–Kier alpha value is -1.77. The molecular formula is C16H20N2O. The Morgan fingerprint density at radius 1 is 1.32 bits per heavy atom. The summed E-state index contributed by atoms with van der Waals surface area (Å²) in [4.78, 5) is 17.6. The fraction of sp³-hybridized carbons (Fsp3) is 0.438. The van der Waals surface area contributed by atoms with Gasteiger partial charge in [-0.15, -0.1) is 0 Å². The number of aromatic nitrogens is 1. The Bertz CT molecular complexity index is 579. The first kappa shape index (κ1) is 12.3. The fourth-order valence-corrected chi connectivity index (χ4v) is 2.81. The Morgan fingerprint density at radius 2 is 2.05 bits per heavy atom. The van der Waals surface area contributed by atoms with Crippen molar-refractivity contribution in [1.82, 2.24) is 9.88 Å². The molecule has 1 aliphatic rings. The minimum absolute atomic E-state index is 0.261. The standard InChI is InChI=1S/C16H20N2O/c1-12-6-8-18(9-7-12)16(19)10-13-11-17-15-5-3-2-4-14(13)15/h2-5,11-12,17H,6-10H2,1H3. The van der Waals surface area contributed by atoms with Crippen molar-refractivity contribution in [2.45, 2.75) is 26.2 Å². The van der Waals surface area contributed by atoms with Crippen LogP contribution in [-0.2, 0) is 11.2 Å². The Morgan fingerprint density at radius 3 is 2.84 bits per heavy atom. The Labute approximate surface area is 113 Å². The van der Waals surface area contributed by atoms with Crippen LogP contribution in [0.3, 0.4) is 0 Å². The van der Waals surface area contributed by atoms with Gasteiger partial charge in [0, 0.05) is 30.2 Å². The average molecular weight is 256 g/mol. The molecule has 1 amide bonds. The van der Waals surface area contributed by atoms with Crippen molar-refractivity contribution < 1.29 is 4.79 Å². The summed E-state index contributed by atoms with van der Waals surface area (Å²) in [5.74, 6) is 1.02. The number of nitrogens with zero attached hydrogens (tertiary/aromatic N) is 1. The molecule has 1 fully saturated rings. The molecule has 1 aromatic carbocycles. The van der Waals surface area contributed by atoms with Gasteiger partial charge in [-0.2, -0.15) is 0 Å². The van der Waals surface area contributed by atoms with E-state index in [9.17, 15) is 4.79 Å². The van der Waals surface area contributed by atoms with Crippen LogP contribution in [0.15, 0.2) is 30.5 Å². The number of fused-ring (bicyclic) bond motifs is 1. The van der Waals surface area contributed by atoms with Gasteiger partial charge in [0.05, 0.1) is 6.42 Å². The van der Waals surface area contributed by atoms with E-state index in [-0.39, 0.29) is 5.91 Å². The maximum atomic E-state index is 12.3. The summed E-state index contributed by atoms with van der Waals surface area (Å²) in [6.45, 7) is 4.10. The normalized spacial score (nSPS) is 17.0. The summed E-state index contributed by atoms with van der Waals surface area (Å²) in [6, 6.07) is 8.15. The number of amides is 1. The van der Waals surface area contributed by atoms with E-state index < -0.39 is 0 Å². The third-order valence-electron chi connectivity index (χ3n) is 4.15. The SMILES string of the molecule is CC1CCN(C(=O)Cc2c[nH]c3ccccc23)CC1. The van der Waals surface area contributed by atoms with Crippen molar-refractivity contribution in [2.75, 3.05) is 13.1 Å². The first-order valence-electron chi connectivity index (χ1n) is 7.07. The number of hydrogen-bond acceptors (Lipinski definition) is 1. The van der Waals surface area contributed by atoms with Crippen LogP contribution in [-0.4, -0.2) is 28.9 Å². The highest BCUT2D eigenvalue weighted by atomic mass is 16.2. The molecule has 100 valence electrons. The maximum absolute atomic E-state index is 12.3. The van der Waals surface area contributed by atoms with Crippen LogP contribution in [0, 0.1) is 5.92 Å². The van der Waals surface area contributed by atoms with Gasteiger partial charge < -0.3 is 9.88 Å². The number of benzene rings is 1. The summed E-state index contributed by atoms with van der Waals surface area (Å²) >= 11 is 0.